The van der Waals surface area contributed by atoms with Gasteiger partial charge in [-0.3, -0.25) is 4.79 Å². The van der Waals surface area contributed by atoms with E-state index in [-0.39, 0.29) is 10.9 Å². The predicted molar refractivity (Wildman–Crippen MR) is 79.1 cm³/mol. The first-order valence-electron chi connectivity index (χ1n) is 6.26. The smallest absolute Gasteiger partial charge is 0.291 e. The number of anilines is 1. The monoisotopic (exact) mass is 343 g/mol. The Morgan fingerprint density at radius 1 is 1.59 bits per heavy atom. The summed E-state index contributed by atoms with van der Waals surface area (Å²) in [5.41, 5.74) is 0.542. The summed E-state index contributed by atoms with van der Waals surface area (Å²) in [5, 5.41) is 17.8. The first-order chi connectivity index (χ1) is 10.4. The number of nitrogens with zero attached hydrogens (tertiary/aromatic N) is 2. The van der Waals surface area contributed by atoms with Crippen LogP contribution in [0.25, 0.3) is 0 Å². The molecule has 1 unspecified atom stereocenters. The molecule has 0 fully saturated rings. The van der Waals surface area contributed by atoms with E-state index in [4.69, 9.17) is 16.3 Å². The summed E-state index contributed by atoms with van der Waals surface area (Å²) in [5.74, 6) is -0.318. The Balaban J connectivity index is 2.04. The number of halogens is 1. The lowest BCUT2D eigenvalue weighted by atomic mass is 10.3. The van der Waals surface area contributed by atoms with Gasteiger partial charge in [0, 0.05) is 5.69 Å². The third-order valence-corrected chi connectivity index (χ3v) is 4.31. The van der Waals surface area contributed by atoms with Crippen molar-refractivity contribution in [2.45, 2.75) is 17.2 Å². The van der Waals surface area contributed by atoms with Crippen LogP contribution in [0.5, 0.6) is 11.7 Å². The Hall–Kier alpha value is -1.93. The molecule has 0 bridgehead atoms. The van der Waals surface area contributed by atoms with Gasteiger partial charge in [0.25, 0.3) is 5.03 Å². The summed E-state index contributed by atoms with van der Waals surface area (Å²) in [6, 6.07) is 4.93. The number of benzene rings is 1. The number of aryl methyl sites for hydroxylation is 1. The number of hydrogen-bond donors (Lipinski definition) is 1. The Kier molecular flexibility index (Phi) is 5.15. The van der Waals surface area contributed by atoms with Gasteiger partial charge < -0.3 is 19.7 Å². The van der Waals surface area contributed by atoms with Gasteiger partial charge in [0.15, 0.2) is 13.0 Å². The third-order valence-electron chi connectivity index (χ3n) is 2.79. The highest BCUT2D eigenvalue weighted by Crippen LogP contribution is 2.29. The second-order valence-electron chi connectivity index (χ2n) is 4.39. The number of nitrogens with one attached hydrogen (secondary N) is 1. The molecule has 1 heterocycles. The zero-order chi connectivity index (χ0) is 16.3. The largest absolute Gasteiger partial charge is 0.538 e. The molecule has 0 spiro atoms. The SMILES string of the molecule is COc1ccc(NC(=O)C(C)Sc2c([O-])on[n+]2C)cc1Cl. The van der Waals surface area contributed by atoms with Crippen LogP contribution in [-0.2, 0) is 11.8 Å². The second kappa shape index (κ2) is 6.89. The van der Waals surface area contributed by atoms with E-state index < -0.39 is 11.2 Å². The quantitative estimate of drug-likeness (QED) is 0.651. The lowest BCUT2D eigenvalue weighted by Crippen LogP contribution is -2.33. The molecule has 1 aromatic carbocycles. The van der Waals surface area contributed by atoms with Gasteiger partial charge >= 0.3 is 0 Å². The van der Waals surface area contributed by atoms with Gasteiger partial charge in [-0.05, 0) is 36.9 Å². The van der Waals surface area contributed by atoms with E-state index >= 15 is 0 Å². The van der Waals surface area contributed by atoms with E-state index in [0.717, 1.165) is 11.8 Å². The maximum Gasteiger partial charge on any atom is 0.291 e. The van der Waals surface area contributed by atoms with Gasteiger partial charge in [-0.2, -0.15) is 0 Å². The maximum absolute atomic E-state index is 12.2. The van der Waals surface area contributed by atoms with Crippen LogP contribution in [0.1, 0.15) is 6.92 Å². The van der Waals surface area contributed by atoms with E-state index in [9.17, 15) is 9.90 Å². The van der Waals surface area contributed by atoms with Crippen molar-refractivity contribution in [2.75, 3.05) is 12.4 Å². The Labute approximate surface area is 136 Å². The van der Waals surface area contributed by atoms with Crippen LogP contribution in [0.15, 0.2) is 27.7 Å². The highest BCUT2D eigenvalue weighted by Gasteiger charge is 2.23. The van der Waals surface area contributed by atoms with Crippen molar-refractivity contribution in [3.8, 4) is 11.7 Å². The van der Waals surface area contributed by atoms with Crippen molar-refractivity contribution in [1.29, 1.82) is 0 Å². The Morgan fingerprint density at radius 2 is 2.32 bits per heavy atom. The summed E-state index contributed by atoms with van der Waals surface area (Å²) in [4.78, 5) is 12.2. The molecule has 1 N–H and O–H groups in total. The minimum absolute atomic E-state index is 0.260. The number of aromatic nitrogens is 2. The molecule has 22 heavy (non-hydrogen) atoms. The minimum Gasteiger partial charge on any atom is -0.538 e. The van der Waals surface area contributed by atoms with Gasteiger partial charge in [0.1, 0.15) is 5.75 Å². The molecule has 0 radical (unpaired) electrons. The number of rotatable bonds is 5. The van der Waals surface area contributed by atoms with Crippen molar-refractivity contribution in [3.05, 3.63) is 23.2 Å². The zero-order valence-corrected chi connectivity index (χ0v) is 13.7. The third kappa shape index (κ3) is 3.63. The molecule has 2 rings (SSSR count). The van der Waals surface area contributed by atoms with Gasteiger partial charge in [-0.1, -0.05) is 16.3 Å². The summed E-state index contributed by atoms with van der Waals surface area (Å²) in [6.45, 7) is 1.68. The van der Waals surface area contributed by atoms with E-state index in [0.29, 0.717) is 16.5 Å². The van der Waals surface area contributed by atoms with Gasteiger partial charge in [0.2, 0.25) is 5.91 Å². The fourth-order valence-electron chi connectivity index (χ4n) is 1.64. The summed E-state index contributed by atoms with van der Waals surface area (Å²) in [7, 11) is 3.08. The molecule has 1 aromatic heterocycles. The van der Waals surface area contributed by atoms with Crippen molar-refractivity contribution in [3.63, 3.8) is 0 Å². The van der Waals surface area contributed by atoms with E-state index in [2.05, 4.69) is 15.1 Å². The van der Waals surface area contributed by atoms with Crippen molar-refractivity contribution in [1.82, 2.24) is 5.27 Å². The molecule has 0 aliphatic carbocycles. The molecule has 118 valence electrons. The first-order valence-corrected chi connectivity index (χ1v) is 7.52. The number of carbonyl (C=O) groups is 1. The lowest BCUT2D eigenvalue weighted by Gasteiger charge is -2.11. The van der Waals surface area contributed by atoms with E-state index in [1.165, 1.54) is 11.8 Å². The van der Waals surface area contributed by atoms with Crippen LogP contribution in [0.4, 0.5) is 5.69 Å². The lowest BCUT2D eigenvalue weighted by molar-refractivity contribution is -0.772. The Morgan fingerprint density at radius 3 is 2.86 bits per heavy atom. The minimum atomic E-state index is -0.570. The standard InChI is InChI=1S/C13H14ClN3O4S/c1-7(22-12-13(19)21-16-17(12)2)11(18)15-8-4-5-10(20-3)9(14)6-8/h4-7H,1-3H3,(H-,15,16,18,19). The molecular formula is C13H14ClN3O4S. The average Bonchev–Trinajstić information content (AvgIpc) is 2.79. The van der Waals surface area contributed by atoms with Gasteiger partial charge in [0.05, 0.1) is 22.7 Å². The number of hydrogen-bond acceptors (Lipinski definition) is 6. The van der Waals surface area contributed by atoms with Crippen molar-refractivity contribution in [2.24, 2.45) is 7.05 Å². The van der Waals surface area contributed by atoms with E-state index in [1.807, 2.05) is 0 Å². The van der Waals surface area contributed by atoms with Crippen molar-refractivity contribution < 1.29 is 23.8 Å². The second-order valence-corrected chi connectivity index (χ2v) is 6.12. The highest BCUT2D eigenvalue weighted by molar-refractivity contribution is 8.00. The highest BCUT2D eigenvalue weighted by atomic mass is 35.5. The zero-order valence-electron chi connectivity index (χ0n) is 12.1. The number of carbonyl (C=O) groups excluding carboxylic acids is 1. The number of thioether (sulfide) groups is 1. The normalized spacial score (nSPS) is 12.0. The summed E-state index contributed by atoms with van der Waals surface area (Å²) >= 11 is 7.07. The molecule has 0 aliphatic rings. The average molecular weight is 344 g/mol. The predicted octanol–water partition coefficient (Wildman–Crippen LogP) is 1.35. The Bertz CT molecular complexity index is 672. The molecule has 0 saturated heterocycles. The van der Waals surface area contributed by atoms with E-state index in [1.54, 1.807) is 32.2 Å². The molecule has 0 aliphatic heterocycles. The molecule has 2 aromatic rings. The van der Waals surface area contributed by atoms with Crippen LogP contribution >= 0.6 is 23.4 Å². The first kappa shape index (κ1) is 16.4. The fraction of sp³-hybridized carbons (Fsp3) is 0.308. The van der Waals surface area contributed by atoms with Crippen LogP contribution in [0.2, 0.25) is 5.02 Å². The maximum atomic E-state index is 12.2. The molecule has 1 atom stereocenters. The molecule has 1 amide bonds. The van der Waals surface area contributed by atoms with Gasteiger partial charge in [-0.15, -0.1) is 0 Å². The van der Waals surface area contributed by atoms with Crippen LogP contribution in [0, 0.1) is 0 Å². The van der Waals surface area contributed by atoms with Crippen molar-refractivity contribution >= 4 is 35.0 Å². The molecule has 0 saturated carbocycles. The number of ether oxygens (including phenoxy) is 1. The van der Waals surface area contributed by atoms with Crippen LogP contribution < -0.4 is 19.8 Å². The number of amides is 1. The molecule has 9 heteroatoms. The van der Waals surface area contributed by atoms with Crippen LogP contribution in [0.3, 0.4) is 0 Å². The van der Waals surface area contributed by atoms with Gasteiger partial charge in [-0.25, -0.2) is 0 Å². The fourth-order valence-corrected chi connectivity index (χ4v) is 2.72. The topological polar surface area (TPSA) is 91.3 Å². The number of methoxy groups -OCH3 is 1. The molecule has 7 nitrogen and oxygen atoms in total. The summed E-state index contributed by atoms with van der Waals surface area (Å²) in [6.07, 6.45) is 0. The van der Waals surface area contributed by atoms with Crippen LogP contribution in [-0.4, -0.2) is 23.5 Å². The molecular weight excluding hydrogens is 330 g/mol. The summed E-state index contributed by atoms with van der Waals surface area (Å²) < 4.78 is 10.8.